The zero-order chi connectivity index (χ0) is 9.68. The number of nitrogens with two attached hydrogens (primary N) is 1. The van der Waals surface area contributed by atoms with Crippen LogP contribution in [0.2, 0.25) is 0 Å². The summed E-state index contributed by atoms with van der Waals surface area (Å²) < 4.78 is 6.22. The van der Waals surface area contributed by atoms with Crippen molar-refractivity contribution in [1.29, 1.82) is 0 Å². The molecule has 4 heteroatoms. The van der Waals surface area contributed by atoms with Crippen LogP contribution in [-0.4, -0.2) is 12.5 Å². The maximum atomic E-state index is 5.80. The van der Waals surface area contributed by atoms with E-state index in [0.717, 1.165) is 21.7 Å². The largest absolute Gasteiger partial charge is 0.398 e. The minimum Gasteiger partial charge on any atom is -0.398 e. The van der Waals surface area contributed by atoms with Gasteiger partial charge in [-0.25, -0.2) is 0 Å². The zero-order valence-electron chi connectivity index (χ0n) is 7.42. The van der Waals surface area contributed by atoms with E-state index in [-0.39, 0.29) is 0 Å². The lowest BCUT2D eigenvalue weighted by Crippen LogP contribution is -1.92. The van der Waals surface area contributed by atoms with Crippen molar-refractivity contribution in [2.24, 2.45) is 0 Å². The molecule has 72 valence electrons. The second-order valence-corrected chi connectivity index (χ2v) is 4.32. The Labute approximate surface area is 91.0 Å². The summed E-state index contributed by atoms with van der Waals surface area (Å²) in [5, 5.41) is 0. The molecule has 1 aromatic rings. The molecule has 0 saturated heterocycles. The summed E-state index contributed by atoms with van der Waals surface area (Å²) in [6.07, 6.45) is 0. The monoisotopic (exact) mass is 261 g/mol. The fourth-order valence-electron chi connectivity index (χ4n) is 0.839. The molecule has 0 unspecified atom stereocenters. The highest BCUT2D eigenvalue weighted by molar-refractivity contribution is 9.10. The second-order valence-electron chi connectivity index (χ2n) is 2.44. The minimum absolute atomic E-state index is 0.655. The fraction of sp³-hybridized carbons (Fsp3) is 0.333. The lowest BCUT2D eigenvalue weighted by atomic mass is 10.3. The molecule has 0 saturated carbocycles. The van der Waals surface area contributed by atoms with Crippen molar-refractivity contribution in [3.63, 3.8) is 0 Å². The summed E-state index contributed by atoms with van der Waals surface area (Å²) in [7, 11) is 0. The van der Waals surface area contributed by atoms with Gasteiger partial charge in [0.25, 0.3) is 0 Å². The molecule has 13 heavy (non-hydrogen) atoms. The third-order valence-corrected chi connectivity index (χ3v) is 2.93. The van der Waals surface area contributed by atoms with Gasteiger partial charge in [-0.1, -0.05) is 27.7 Å². The SMILES string of the molecule is CCOCSc1ccc(Br)cc1N. The third-order valence-electron chi connectivity index (χ3n) is 1.47. The molecule has 0 amide bonds. The van der Waals surface area contributed by atoms with Crippen LogP contribution in [0.15, 0.2) is 27.6 Å². The molecular formula is C9H12BrNOS. The van der Waals surface area contributed by atoms with Crippen molar-refractivity contribution in [3.05, 3.63) is 22.7 Å². The first-order valence-corrected chi connectivity index (χ1v) is 5.77. The van der Waals surface area contributed by atoms with Crippen LogP contribution in [0.4, 0.5) is 5.69 Å². The van der Waals surface area contributed by atoms with Gasteiger partial charge < -0.3 is 10.5 Å². The summed E-state index contributed by atoms with van der Waals surface area (Å²) in [4.78, 5) is 1.07. The smallest absolute Gasteiger partial charge is 0.0967 e. The van der Waals surface area contributed by atoms with Crippen molar-refractivity contribution < 1.29 is 4.74 Å². The molecule has 0 aliphatic heterocycles. The Morgan fingerprint density at radius 3 is 2.92 bits per heavy atom. The standard InChI is InChI=1S/C9H12BrNOS/c1-2-12-6-13-9-4-3-7(10)5-8(9)11/h3-5H,2,6,11H2,1H3. The van der Waals surface area contributed by atoms with Gasteiger partial charge in [0.1, 0.15) is 0 Å². The maximum Gasteiger partial charge on any atom is 0.0967 e. The van der Waals surface area contributed by atoms with Crippen molar-refractivity contribution >= 4 is 33.4 Å². The number of nitrogen functional groups attached to an aromatic ring is 1. The lowest BCUT2D eigenvalue weighted by molar-refractivity contribution is 0.199. The Kier molecular flexibility index (Phi) is 4.62. The lowest BCUT2D eigenvalue weighted by Gasteiger charge is -2.05. The topological polar surface area (TPSA) is 35.2 Å². The first-order valence-electron chi connectivity index (χ1n) is 3.99. The van der Waals surface area contributed by atoms with E-state index < -0.39 is 0 Å². The van der Waals surface area contributed by atoms with Crippen molar-refractivity contribution in [3.8, 4) is 0 Å². The van der Waals surface area contributed by atoms with Crippen LogP contribution in [0, 0.1) is 0 Å². The Bertz CT molecular complexity index is 280. The molecule has 2 nitrogen and oxygen atoms in total. The summed E-state index contributed by atoms with van der Waals surface area (Å²) >= 11 is 4.97. The molecule has 1 rings (SSSR count). The fourth-order valence-corrected chi connectivity index (χ4v) is 1.98. The van der Waals surface area contributed by atoms with Crippen LogP contribution >= 0.6 is 27.7 Å². The first kappa shape index (κ1) is 10.9. The number of thioether (sulfide) groups is 1. The van der Waals surface area contributed by atoms with E-state index in [4.69, 9.17) is 10.5 Å². The molecule has 0 fully saturated rings. The molecule has 0 aromatic heterocycles. The van der Waals surface area contributed by atoms with Crippen LogP contribution in [-0.2, 0) is 4.74 Å². The predicted octanol–water partition coefficient (Wildman–Crippen LogP) is 3.12. The van der Waals surface area contributed by atoms with Crippen molar-refractivity contribution in [2.75, 3.05) is 18.3 Å². The molecule has 2 N–H and O–H groups in total. The predicted molar refractivity (Wildman–Crippen MR) is 60.9 cm³/mol. The second kappa shape index (κ2) is 5.52. The summed E-state index contributed by atoms with van der Waals surface area (Å²) in [6.45, 7) is 2.72. The van der Waals surface area contributed by atoms with Gasteiger partial charge in [-0.05, 0) is 25.1 Å². The van der Waals surface area contributed by atoms with Gasteiger partial charge >= 0.3 is 0 Å². The van der Waals surface area contributed by atoms with E-state index in [1.807, 2.05) is 25.1 Å². The van der Waals surface area contributed by atoms with Gasteiger partial charge in [0.2, 0.25) is 0 Å². The first-order chi connectivity index (χ1) is 6.24. The number of benzene rings is 1. The Hall–Kier alpha value is -0.190. The highest BCUT2D eigenvalue weighted by Gasteiger charge is 1.99. The number of anilines is 1. The molecule has 0 aliphatic rings. The average molecular weight is 262 g/mol. The average Bonchev–Trinajstić information content (AvgIpc) is 2.09. The highest BCUT2D eigenvalue weighted by Crippen LogP contribution is 2.27. The maximum absolute atomic E-state index is 5.80. The molecular weight excluding hydrogens is 250 g/mol. The van der Waals surface area contributed by atoms with Crippen molar-refractivity contribution in [2.45, 2.75) is 11.8 Å². The van der Waals surface area contributed by atoms with Crippen LogP contribution < -0.4 is 5.73 Å². The van der Waals surface area contributed by atoms with E-state index in [0.29, 0.717) is 5.94 Å². The normalized spacial score (nSPS) is 10.3. The zero-order valence-corrected chi connectivity index (χ0v) is 9.82. The number of hydrogen-bond donors (Lipinski definition) is 1. The Balaban J connectivity index is 2.56. The van der Waals surface area contributed by atoms with Gasteiger partial charge in [0.05, 0.1) is 5.94 Å². The van der Waals surface area contributed by atoms with Crippen LogP contribution in [0.5, 0.6) is 0 Å². The van der Waals surface area contributed by atoms with E-state index in [2.05, 4.69) is 15.9 Å². The quantitative estimate of drug-likeness (QED) is 0.392. The van der Waals surface area contributed by atoms with Crippen LogP contribution in [0.3, 0.4) is 0 Å². The molecule has 0 aliphatic carbocycles. The van der Waals surface area contributed by atoms with E-state index in [1.165, 1.54) is 0 Å². The number of hydrogen-bond acceptors (Lipinski definition) is 3. The van der Waals surface area contributed by atoms with Gasteiger partial charge in [-0.2, -0.15) is 0 Å². The molecule has 0 spiro atoms. The van der Waals surface area contributed by atoms with Crippen LogP contribution in [0.1, 0.15) is 6.92 Å². The molecule has 1 aromatic carbocycles. The van der Waals surface area contributed by atoms with E-state index in [9.17, 15) is 0 Å². The van der Waals surface area contributed by atoms with Gasteiger partial charge in [-0.3, -0.25) is 0 Å². The van der Waals surface area contributed by atoms with Gasteiger partial charge in [-0.15, -0.1) is 0 Å². The van der Waals surface area contributed by atoms with Crippen LogP contribution in [0.25, 0.3) is 0 Å². The van der Waals surface area contributed by atoms with Crippen molar-refractivity contribution in [1.82, 2.24) is 0 Å². The van der Waals surface area contributed by atoms with Gasteiger partial charge in [0.15, 0.2) is 0 Å². The number of ether oxygens (including phenoxy) is 1. The summed E-state index contributed by atoms with van der Waals surface area (Å²) in [6, 6.07) is 5.86. The summed E-state index contributed by atoms with van der Waals surface area (Å²) in [5.41, 5.74) is 6.59. The molecule has 0 heterocycles. The number of rotatable bonds is 4. The van der Waals surface area contributed by atoms with Gasteiger partial charge in [0, 0.05) is 21.7 Å². The Morgan fingerprint density at radius 2 is 2.31 bits per heavy atom. The minimum atomic E-state index is 0.655. The van der Waals surface area contributed by atoms with E-state index >= 15 is 0 Å². The molecule has 0 radical (unpaired) electrons. The highest BCUT2D eigenvalue weighted by atomic mass is 79.9. The third kappa shape index (κ3) is 3.58. The summed E-state index contributed by atoms with van der Waals surface area (Å²) in [5.74, 6) is 0.655. The number of halogens is 1. The van der Waals surface area contributed by atoms with E-state index in [1.54, 1.807) is 11.8 Å². The molecule has 0 bridgehead atoms. The Morgan fingerprint density at radius 1 is 1.54 bits per heavy atom. The molecule has 0 atom stereocenters.